The summed E-state index contributed by atoms with van der Waals surface area (Å²) in [6.45, 7) is 0.874. The van der Waals surface area contributed by atoms with Crippen LogP contribution in [0.2, 0.25) is 0 Å². The molecule has 7 heteroatoms. The van der Waals surface area contributed by atoms with Crippen LogP contribution in [0.3, 0.4) is 0 Å². The second-order valence-electron chi connectivity index (χ2n) is 6.37. The summed E-state index contributed by atoms with van der Waals surface area (Å²) < 4.78 is 14.0. The van der Waals surface area contributed by atoms with E-state index in [9.17, 15) is 4.79 Å². The molecule has 0 radical (unpaired) electrons. The van der Waals surface area contributed by atoms with Crippen molar-refractivity contribution in [2.24, 2.45) is 0 Å². The monoisotopic (exact) mass is 451 g/mol. The predicted molar refractivity (Wildman–Crippen MR) is 113 cm³/mol. The predicted octanol–water partition coefficient (Wildman–Crippen LogP) is 5.12. The Morgan fingerprint density at radius 3 is 2.66 bits per heavy atom. The normalized spacial score (nSPS) is 10.7. The topological polar surface area (TPSA) is 69.3 Å². The molecule has 0 atom stereocenters. The van der Waals surface area contributed by atoms with Crippen molar-refractivity contribution >= 4 is 27.5 Å². The first kappa shape index (κ1) is 19.0. The zero-order valence-corrected chi connectivity index (χ0v) is 17.0. The van der Waals surface area contributed by atoms with Gasteiger partial charge < -0.3 is 14.5 Å². The molecular formula is C22H18BrN3O3. The summed E-state index contributed by atoms with van der Waals surface area (Å²) in [6, 6.07) is 20.9. The van der Waals surface area contributed by atoms with E-state index < -0.39 is 0 Å². The van der Waals surface area contributed by atoms with Crippen LogP contribution >= 0.6 is 15.9 Å². The van der Waals surface area contributed by atoms with Gasteiger partial charge in [-0.3, -0.25) is 9.48 Å². The first-order chi connectivity index (χ1) is 14.2. The minimum absolute atomic E-state index is 0.218. The molecule has 0 saturated carbocycles. The van der Waals surface area contributed by atoms with Gasteiger partial charge in [0.2, 0.25) is 0 Å². The fourth-order valence-corrected chi connectivity index (χ4v) is 3.00. The minimum atomic E-state index is -0.334. The first-order valence-electron chi connectivity index (χ1n) is 9.00. The van der Waals surface area contributed by atoms with Crippen LogP contribution in [0.4, 0.5) is 5.69 Å². The molecule has 0 fully saturated rings. The van der Waals surface area contributed by atoms with Gasteiger partial charge in [-0.05, 0) is 42.0 Å². The average molecular weight is 452 g/mol. The average Bonchev–Trinajstić information content (AvgIpc) is 3.38. The zero-order chi connectivity index (χ0) is 20.1. The smallest absolute Gasteiger partial charge is 0.291 e. The van der Waals surface area contributed by atoms with Crippen molar-refractivity contribution < 1.29 is 13.9 Å². The number of aromatic nitrogens is 2. The van der Waals surface area contributed by atoms with Crippen molar-refractivity contribution in [1.82, 2.24) is 9.78 Å². The summed E-state index contributed by atoms with van der Waals surface area (Å²) in [4.78, 5) is 12.4. The summed E-state index contributed by atoms with van der Waals surface area (Å²) in [7, 11) is 0. The van der Waals surface area contributed by atoms with E-state index >= 15 is 0 Å². The maximum Gasteiger partial charge on any atom is 0.291 e. The van der Waals surface area contributed by atoms with Crippen LogP contribution in [-0.2, 0) is 13.2 Å². The maximum absolute atomic E-state index is 12.4. The van der Waals surface area contributed by atoms with Crippen LogP contribution in [0, 0.1) is 0 Å². The molecule has 4 aromatic rings. The number of rotatable bonds is 7. The molecule has 0 spiro atoms. The number of anilines is 1. The number of furan rings is 1. The van der Waals surface area contributed by atoms with Gasteiger partial charge in [0.05, 0.1) is 18.4 Å². The number of halogens is 1. The summed E-state index contributed by atoms with van der Waals surface area (Å²) in [5.41, 5.74) is 1.74. The molecule has 29 heavy (non-hydrogen) atoms. The fraction of sp³-hybridized carbons (Fsp3) is 0.0909. The highest BCUT2D eigenvalue weighted by Crippen LogP contribution is 2.18. The third-order valence-corrected chi connectivity index (χ3v) is 4.69. The van der Waals surface area contributed by atoms with Crippen molar-refractivity contribution in [1.29, 1.82) is 0 Å². The lowest BCUT2D eigenvalue weighted by atomic mass is 10.2. The van der Waals surface area contributed by atoms with E-state index in [2.05, 4.69) is 26.3 Å². The number of amides is 1. The molecule has 1 amide bonds. The molecule has 0 saturated heterocycles. The fourth-order valence-electron chi connectivity index (χ4n) is 2.74. The zero-order valence-electron chi connectivity index (χ0n) is 15.4. The molecule has 2 aromatic heterocycles. The summed E-state index contributed by atoms with van der Waals surface area (Å²) >= 11 is 3.38. The van der Waals surface area contributed by atoms with Crippen LogP contribution in [0.25, 0.3) is 0 Å². The van der Waals surface area contributed by atoms with E-state index in [4.69, 9.17) is 9.15 Å². The lowest BCUT2D eigenvalue weighted by Crippen LogP contribution is -2.10. The number of ether oxygens (including phenoxy) is 1. The molecule has 146 valence electrons. The van der Waals surface area contributed by atoms with Crippen LogP contribution < -0.4 is 10.1 Å². The molecular weight excluding hydrogens is 434 g/mol. The number of hydrogen-bond acceptors (Lipinski definition) is 4. The number of nitrogens with one attached hydrogen (secondary N) is 1. The van der Waals surface area contributed by atoms with Crippen LogP contribution in [0.5, 0.6) is 5.75 Å². The second kappa shape index (κ2) is 8.79. The number of carbonyl (C=O) groups excluding carboxylic acids is 1. The van der Waals surface area contributed by atoms with Crippen LogP contribution in [0.15, 0.2) is 88.0 Å². The summed E-state index contributed by atoms with van der Waals surface area (Å²) in [5.74, 6) is 1.17. The van der Waals surface area contributed by atoms with Gasteiger partial charge in [0, 0.05) is 10.7 Å². The number of benzene rings is 2. The SMILES string of the molecule is O=C(Nc1cnn(Cc2ccccc2)c1)c1ccc(COc2ccc(Br)cc2)o1. The molecule has 2 aromatic carbocycles. The van der Waals surface area contributed by atoms with E-state index in [1.54, 1.807) is 29.2 Å². The van der Waals surface area contributed by atoms with Crippen molar-refractivity contribution in [2.75, 3.05) is 5.32 Å². The molecule has 2 heterocycles. The molecule has 0 aliphatic heterocycles. The van der Waals surface area contributed by atoms with E-state index in [1.807, 2.05) is 54.6 Å². The Balaban J connectivity index is 1.32. The minimum Gasteiger partial charge on any atom is -0.486 e. The number of nitrogens with zero attached hydrogens (tertiary/aromatic N) is 2. The van der Waals surface area contributed by atoms with Crippen molar-refractivity contribution in [3.63, 3.8) is 0 Å². The third-order valence-electron chi connectivity index (χ3n) is 4.16. The Morgan fingerprint density at radius 1 is 1.07 bits per heavy atom. The second-order valence-corrected chi connectivity index (χ2v) is 7.29. The maximum atomic E-state index is 12.4. The highest BCUT2D eigenvalue weighted by molar-refractivity contribution is 9.10. The third kappa shape index (κ3) is 5.14. The lowest BCUT2D eigenvalue weighted by molar-refractivity contribution is 0.0992. The van der Waals surface area contributed by atoms with E-state index in [0.717, 1.165) is 15.8 Å². The Hall–Kier alpha value is -3.32. The highest BCUT2D eigenvalue weighted by atomic mass is 79.9. The highest BCUT2D eigenvalue weighted by Gasteiger charge is 2.13. The van der Waals surface area contributed by atoms with E-state index in [-0.39, 0.29) is 18.3 Å². The van der Waals surface area contributed by atoms with Gasteiger partial charge in [-0.1, -0.05) is 46.3 Å². The van der Waals surface area contributed by atoms with Gasteiger partial charge in [-0.2, -0.15) is 5.10 Å². The Bertz CT molecular complexity index is 1090. The molecule has 0 bridgehead atoms. The van der Waals surface area contributed by atoms with Crippen molar-refractivity contribution in [3.05, 3.63) is 101 Å². The summed E-state index contributed by atoms with van der Waals surface area (Å²) in [5, 5.41) is 7.08. The van der Waals surface area contributed by atoms with Gasteiger partial charge in [0.1, 0.15) is 18.1 Å². The molecule has 4 rings (SSSR count). The largest absolute Gasteiger partial charge is 0.486 e. The Kier molecular flexibility index (Phi) is 5.76. The molecule has 0 aliphatic rings. The van der Waals surface area contributed by atoms with Gasteiger partial charge in [0.25, 0.3) is 5.91 Å². The number of hydrogen-bond donors (Lipinski definition) is 1. The molecule has 1 N–H and O–H groups in total. The van der Waals surface area contributed by atoms with E-state index in [1.165, 1.54) is 0 Å². The van der Waals surface area contributed by atoms with Gasteiger partial charge in [0.15, 0.2) is 5.76 Å². The van der Waals surface area contributed by atoms with Crippen LogP contribution in [-0.4, -0.2) is 15.7 Å². The molecule has 6 nitrogen and oxygen atoms in total. The molecule has 0 unspecified atom stereocenters. The summed E-state index contributed by atoms with van der Waals surface area (Å²) in [6.07, 6.45) is 3.40. The standard InChI is InChI=1S/C22H18BrN3O3/c23-17-6-8-19(9-7-17)28-15-20-10-11-21(29-20)22(27)25-18-12-24-26(14-18)13-16-4-2-1-3-5-16/h1-12,14H,13,15H2,(H,25,27). The van der Waals surface area contributed by atoms with Gasteiger partial charge in [-0.15, -0.1) is 0 Å². The van der Waals surface area contributed by atoms with Crippen molar-refractivity contribution in [3.8, 4) is 5.75 Å². The van der Waals surface area contributed by atoms with Gasteiger partial charge in [-0.25, -0.2) is 0 Å². The van der Waals surface area contributed by atoms with E-state index in [0.29, 0.717) is 18.0 Å². The number of carbonyl (C=O) groups is 1. The molecule has 0 aliphatic carbocycles. The Labute approximate surface area is 176 Å². The quantitative estimate of drug-likeness (QED) is 0.423. The van der Waals surface area contributed by atoms with Crippen LogP contribution in [0.1, 0.15) is 21.9 Å². The van der Waals surface area contributed by atoms with Crippen molar-refractivity contribution in [2.45, 2.75) is 13.2 Å². The van der Waals surface area contributed by atoms with Gasteiger partial charge >= 0.3 is 0 Å². The Morgan fingerprint density at radius 2 is 1.86 bits per heavy atom. The first-order valence-corrected chi connectivity index (χ1v) is 9.80. The lowest BCUT2D eigenvalue weighted by Gasteiger charge is -2.04.